The molecule has 0 atom stereocenters. The number of aryl methyl sites for hydroxylation is 2. The number of benzene rings is 4. The fraction of sp³-hybridized carbons (Fsp3) is 0.257. The first-order valence-electron chi connectivity index (χ1n) is 13.8. The normalized spacial score (nSPS) is 10.9. The molecule has 0 saturated carbocycles. The maximum Gasteiger partial charge on any atom is 0.166 e. The molecule has 4 aromatic rings. The molecule has 0 radical (unpaired) electrons. The van der Waals surface area contributed by atoms with Gasteiger partial charge in [0.15, 0.2) is 23.2 Å². The number of rotatable bonds is 14. The Morgan fingerprint density at radius 2 is 1.40 bits per heavy atom. The summed E-state index contributed by atoms with van der Waals surface area (Å²) in [5.41, 5.74) is 3.75. The predicted octanol–water partition coefficient (Wildman–Crippen LogP) is 9.75. The molecule has 0 aliphatic heterocycles. The van der Waals surface area contributed by atoms with Crippen LogP contribution in [0, 0.1) is 17.5 Å². The van der Waals surface area contributed by atoms with E-state index in [9.17, 15) is 13.2 Å². The second kappa shape index (κ2) is 14.4. The second-order valence-corrected chi connectivity index (χ2v) is 9.75. The van der Waals surface area contributed by atoms with E-state index in [4.69, 9.17) is 9.47 Å². The van der Waals surface area contributed by atoms with Gasteiger partial charge in [0, 0.05) is 5.56 Å². The Bertz CT molecular complexity index is 1400. The standard InChI is InChI=1S/C35H35F3O2/c1-3-5-7-23-40-33-21-17-29(24-32(33)36)26-11-8-25(9-12-26)10-13-28-16-20-31(35(38)34(28)37)27-14-18-30(19-15-27)39-22-6-4-2/h3,8-9,11-12,14-21,24H,1,4-7,10,13,22-23H2,2H3. The van der Waals surface area contributed by atoms with Crippen LogP contribution in [0.2, 0.25) is 0 Å². The molecule has 0 heterocycles. The molecule has 5 heteroatoms. The summed E-state index contributed by atoms with van der Waals surface area (Å²) < 4.78 is 55.6. The van der Waals surface area contributed by atoms with Crippen LogP contribution in [0.3, 0.4) is 0 Å². The highest BCUT2D eigenvalue weighted by Gasteiger charge is 2.15. The van der Waals surface area contributed by atoms with E-state index in [1.54, 1.807) is 42.5 Å². The number of allylic oxidation sites excluding steroid dienone is 1. The van der Waals surface area contributed by atoms with Crippen LogP contribution in [0.15, 0.2) is 91.5 Å². The average Bonchev–Trinajstić information content (AvgIpc) is 2.98. The Hall–Kier alpha value is -3.99. The molecule has 208 valence electrons. The van der Waals surface area contributed by atoms with E-state index < -0.39 is 17.5 Å². The van der Waals surface area contributed by atoms with E-state index in [-0.39, 0.29) is 11.3 Å². The third-order valence-corrected chi connectivity index (χ3v) is 6.81. The largest absolute Gasteiger partial charge is 0.494 e. The molecule has 0 spiro atoms. The molecule has 40 heavy (non-hydrogen) atoms. The summed E-state index contributed by atoms with van der Waals surface area (Å²) >= 11 is 0. The minimum atomic E-state index is -0.845. The van der Waals surface area contributed by atoms with Gasteiger partial charge in [-0.15, -0.1) is 6.58 Å². The Kier molecular flexibility index (Phi) is 10.4. The summed E-state index contributed by atoms with van der Waals surface area (Å²) in [5.74, 6) is -1.12. The fourth-order valence-electron chi connectivity index (χ4n) is 4.42. The van der Waals surface area contributed by atoms with Crippen molar-refractivity contribution in [3.8, 4) is 33.8 Å². The maximum absolute atomic E-state index is 15.0. The smallest absolute Gasteiger partial charge is 0.166 e. The topological polar surface area (TPSA) is 18.5 Å². The minimum absolute atomic E-state index is 0.228. The van der Waals surface area contributed by atoms with Crippen molar-refractivity contribution in [1.82, 2.24) is 0 Å². The third-order valence-electron chi connectivity index (χ3n) is 6.81. The van der Waals surface area contributed by atoms with Crippen LogP contribution in [0.5, 0.6) is 11.5 Å². The van der Waals surface area contributed by atoms with Gasteiger partial charge in [0.05, 0.1) is 13.2 Å². The van der Waals surface area contributed by atoms with Gasteiger partial charge in [-0.1, -0.05) is 74.0 Å². The fourth-order valence-corrected chi connectivity index (χ4v) is 4.42. The Balaban J connectivity index is 1.36. The molecule has 0 aliphatic carbocycles. The van der Waals surface area contributed by atoms with E-state index in [2.05, 4.69) is 13.5 Å². The van der Waals surface area contributed by atoms with Crippen LogP contribution >= 0.6 is 0 Å². The molecule has 0 unspecified atom stereocenters. The third kappa shape index (κ3) is 7.56. The van der Waals surface area contributed by atoms with Crippen LogP contribution in [0.1, 0.15) is 43.7 Å². The van der Waals surface area contributed by atoms with Gasteiger partial charge in [-0.05, 0) is 84.2 Å². The van der Waals surface area contributed by atoms with Gasteiger partial charge in [-0.3, -0.25) is 0 Å². The molecule has 0 N–H and O–H groups in total. The molecule has 2 nitrogen and oxygen atoms in total. The van der Waals surface area contributed by atoms with Crippen molar-refractivity contribution >= 4 is 0 Å². The van der Waals surface area contributed by atoms with Crippen LogP contribution in [-0.2, 0) is 12.8 Å². The summed E-state index contributed by atoms with van der Waals surface area (Å²) in [6, 6.07) is 22.9. The van der Waals surface area contributed by atoms with Gasteiger partial charge in [-0.2, -0.15) is 0 Å². The average molecular weight is 545 g/mol. The molecule has 4 rings (SSSR count). The highest BCUT2D eigenvalue weighted by Crippen LogP contribution is 2.29. The zero-order valence-corrected chi connectivity index (χ0v) is 22.9. The summed E-state index contributed by atoms with van der Waals surface area (Å²) in [6.07, 6.45) is 6.34. The van der Waals surface area contributed by atoms with Crippen molar-refractivity contribution in [2.75, 3.05) is 13.2 Å². The first-order chi connectivity index (χ1) is 19.5. The Labute approximate surface area is 235 Å². The van der Waals surface area contributed by atoms with Gasteiger partial charge >= 0.3 is 0 Å². The zero-order valence-electron chi connectivity index (χ0n) is 22.9. The predicted molar refractivity (Wildman–Crippen MR) is 156 cm³/mol. The summed E-state index contributed by atoms with van der Waals surface area (Å²) in [4.78, 5) is 0. The SMILES string of the molecule is C=CCCCOc1ccc(-c2ccc(CCc3ccc(-c4ccc(OCCCC)cc4)c(F)c3F)cc2)cc1F. The van der Waals surface area contributed by atoms with Gasteiger partial charge in [0.25, 0.3) is 0 Å². The number of hydrogen-bond acceptors (Lipinski definition) is 2. The first-order valence-corrected chi connectivity index (χ1v) is 13.8. The Morgan fingerprint density at radius 1 is 0.700 bits per heavy atom. The number of hydrogen-bond donors (Lipinski definition) is 0. The van der Waals surface area contributed by atoms with Crippen LogP contribution in [0.4, 0.5) is 13.2 Å². The number of unbranched alkanes of at least 4 members (excludes halogenated alkanes) is 2. The van der Waals surface area contributed by atoms with E-state index in [0.29, 0.717) is 42.9 Å². The van der Waals surface area contributed by atoms with E-state index >= 15 is 0 Å². The summed E-state index contributed by atoms with van der Waals surface area (Å²) in [7, 11) is 0. The van der Waals surface area contributed by atoms with E-state index in [1.165, 1.54) is 6.07 Å². The van der Waals surface area contributed by atoms with Gasteiger partial charge in [-0.25, -0.2) is 13.2 Å². The zero-order chi connectivity index (χ0) is 28.3. The second-order valence-electron chi connectivity index (χ2n) is 9.75. The maximum atomic E-state index is 15.0. The summed E-state index contributed by atoms with van der Waals surface area (Å²) in [5, 5.41) is 0. The summed E-state index contributed by atoms with van der Waals surface area (Å²) in [6.45, 7) is 6.83. The number of halogens is 3. The number of ether oxygens (including phenoxy) is 2. The lowest BCUT2D eigenvalue weighted by atomic mass is 9.97. The molecule has 0 amide bonds. The molecule has 0 saturated heterocycles. The van der Waals surface area contributed by atoms with Crippen molar-refractivity contribution in [3.63, 3.8) is 0 Å². The minimum Gasteiger partial charge on any atom is -0.494 e. The van der Waals surface area contributed by atoms with Crippen molar-refractivity contribution in [1.29, 1.82) is 0 Å². The lowest BCUT2D eigenvalue weighted by Gasteiger charge is -2.11. The highest BCUT2D eigenvalue weighted by molar-refractivity contribution is 5.66. The van der Waals surface area contributed by atoms with Crippen molar-refractivity contribution < 1.29 is 22.6 Å². The van der Waals surface area contributed by atoms with Crippen LogP contribution in [-0.4, -0.2) is 13.2 Å². The van der Waals surface area contributed by atoms with Crippen LogP contribution in [0.25, 0.3) is 22.3 Å². The van der Waals surface area contributed by atoms with E-state index in [0.717, 1.165) is 42.4 Å². The quantitative estimate of drug-likeness (QED) is 0.116. The molecule has 0 bridgehead atoms. The monoisotopic (exact) mass is 544 g/mol. The molecular weight excluding hydrogens is 509 g/mol. The molecule has 0 aromatic heterocycles. The lowest BCUT2D eigenvalue weighted by molar-refractivity contribution is 0.297. The molecule has 4 aromatic carbocycles. The van der Waals surface area contributed by atoms with Crippen molar-refractivity contribution in [2.45, 2.75) is 45.4 Å². The lowest BCUT2D eigenvalue weighted by Crippen LogP contribution is -2.00. The Morgan fingerprint density at radius 3 is 2.10 bits per heavy atom. The van der Waals surface area contributed by atoms with Gasteiger partial charge < -0.3 is 9.47 Å². The first kappa shape index (κ1) is 29.0. The molecule has 0 aliphatic rings. The van der Waals surface area contributed by atoms with Crippen LogP contribution < -0.4 is 9.47 Å². The molecular formula is C35H35F3O2. The highest BCUT2D eigenvalue weighted by atomic mass is 19.2. The van der Waals surface area contributed by atoms with Gasteiger partial charge in [0.1, 0.15) is 5.75 Å². The van der Waals surface area contributed by atoms with Gasteiger partial charge in [0.2, 0.25) is 0 Å². The van der Waals surface area contributed by atoms with Crippen molar-refractivity contribution in [3.05, 3.63) is 120 Å². The molecule has 0 fully saturated rings. The van der Waals surface area contributed by atoms with Crippen molar-refractivity contribution in [2.24, 2.45) is 0 Å². The van der Waals surface area contributed by atoms with E-state index in [1.807, 2.05) is 36.4 Å².